The number of halogens is 1. The van der Waals surface area contributed by atoms with Crippen molar-refractivity contribution in [2.24, 2.45) is 0 Å². The third kappa shape index (κ3) is 4.27. The molecule has 5 nitrogen and oxygen atoms in total. The lowest BCUT2D eigenvalue weighted by Crippen LogP contribution is -2.48. The maximum Gasteiger partial charge on any atom is 0.304 e. The number of aromatic hydroxyl groups is 1. The normalized spacial score (nSPS) is 14.7. The number of aliphatic carboxylic acids is 1. The minimum Gasteiger partial charge on any atom is -0.508 e. The molecule has 0 bridgehead atoms. The Morgan fingerprint density at radius 2 is 1.83 bits per heavy atom. The van der Waals surface area contributed by atoms with Crippen LogP contribution >= 0.6 is 11.6 Å². The Morgan fingerprint density at radius 1 is 1.07 bits per heavy atom. The quantitative estimate of drug-likeness (QED) is 0.556. The van der Waals surface area contributed by atoms with E-state index in [1.165, 1.54) is 6.07 Å². The lowest BCUT2D eigenvalue weighted by atomic mass is 9.76. The second kappa shape index (κ2) is 8.38. The zero-order chi connectivity index (χ0) is 21.1. The van der Waals surface area contributed by atoms with Gasteiger partial charge in [0.25, 0.3) is 0 Å². The molecule has 0 amide bonds. The molecular formula is C24H21ClO5. The van der Waals surface area contributed by atoms with Crippen molar-refractivity contribution in [2.75, 3.05) is 13.2 Å². The summed E-state index contributed by atoms with van der Waals surface area (Å²) in [6.07, 6.45) is 0.0554. The summed E-state index contributed by atoms with van der Waals surface area (Å²) < 4.78 is 11.2. The SMILES string of the molecule is O=C(O)CC1(c2ccc(OCc3cccc(-c4ccc(O)cc4Cl)c3)cc2)COC1. The van der Waals surface area contributed by atoms with E-state index in [2.05, 4.69) is 0 Å². The molecule has 0 radical (unpaired) electrons. The van der Waals surface area contributed by atoms with Crippen LogP contribution in [0.15, 0.2) is 66.7 Å². The van der Waals surface area contributed by atoms with Gasteiger partial charge in [0.15, 0.2) is 0 Å². The Hall–Kier alpha value is -3.02. The van der Waals surface area contributed by atoms with Crippen LogP contribution < -0.4 is 4.74 Å². The van der Waals surface area contributed by atoms with Gasteiger partial charge in [-0.1, -0.05) is 41.9 Å². The third-order valence-corrected chi connectivity index (χ3v) is 5.62. The summed E-state index contributed by atoms with van der Waals surface area (Å²) in [5.74, 6) is 0.00931. The summed E-state index contributed by atoms with van der Waals surface area (Å²) in [5.41, 5.74) is 3.27. The van der Waals surface area contributed by atoms with Gasteiger partial charge in [-0.15, -0.1) is 0 Å². The van der Waals surface area contributed by atoms with E-state index >= 15 is 0 Å². The van der Waals surface area contributed by atoms with Gasteiger partial charge in [-0.25, -0.2) is 0 Å². The average molecular weight is 425 g/mol. The first kappa shape index (κ1) is 20.3. The first-order chi connectivity index (χ1) is 14.4. The number of rotatable bonds is 7. The number of hydrogen-bond donors (Lipinski definition) is 2. The number of ether oxygens (including phenoxy) is 2. The number of benzene rings is 3. The highest BCUT2D eigenvalue weighted by Crippen LogP contribution is 2.36. The Bertz CT molecular complexity index is 1060. The fourth-order valence-corrected chi connectivity index (χ4v) is 3.93. The summed E-state index contributed by atoms with van der Waals surface area (Å²) >= 11 is 6.25. The number of phenols is 1. The molecule has 2 N–H and O–H groups in total. The first-order valence-electron chi connectivity index (χ1n) is 9.56. The molecule has 0 spiro atoms. The van der Waals surface area contributed by atoms with Crippen LogP contribution in [0.5, 0.6) is 11.5 Å². The van der Waals surface area contributed by atoms with Crippen molar-refractivity contribution < 1.29 is 24.5 Å². The van der Waals surface area contributed by atoms with Crippen molar-refractivity contribution in [1.29, 1.82) is 0 Å². The Kier molecular flexibility index (Phi) is 5.66. The Balaban J connectivity index is 1.44. The van der Waals surface area contributed by atoms with Crippen molar-refractivity contribution in [3.8, 4) is 22.6 Å². The largest absolute Gasteiger partial charge is 0.508 e. The summed E-state index contributed by atoms with van der Waals surface area (Å²) in [5, 5.41) is 19.2. The molecule has 1 saturated heterocycles. The summed E-state index contributed by atoms with van der Waals surface area (Å²) in [6, 6.07) is 20.3. The van der Waals surface area contributed by atoms with Crippen LogP contribution in [0.1, 0.15) is 17.5 Å². The molecule has 1 aliphatic rings. The molecule has 3 aromatic carbocycles. The molecule has 0 aliphatic carbocycles. The van der Waals surface area contributed by atoms with Gasteiger partial charge in [-0.3, -0.25) is 4.79 Å². The van der Waals surface area contributed by atoms with Gasteiger partial charge < -0.3 is 19.7 Å². The summed E-state index contributed by atoms with van der Waals surface area (Å²) in [6.45, 7) is 1.23. The van der Waals surface area contributed by atoms with E-state index in [0.29, 0.717) is 30.6 Å². The van der Waals surface area contributed by atoms with Gasteiger partial charge in [0, 0.05) is 5.56 Å². The molecule has 154 valence electrons. The van der Waals surface area contributed by atoms with Crippen LogP contribution in [0.25, 0.3) is 11.1 Å². The van der Waals surface area contributed by atoms with Gasteiger partial charge in [0.05, 0.1) is 30.1 Å². The third-order valence-electron chi connectivity index (χ3n) is 5.31. The average Bonchev–Trinajstić information content (AvgIpc) is 2.70. The molecule has 1 fully saturated rings. The molecule has 4 rings (SSSR count). The molecule has 3 aromatic rings. The van der Waals surface area contributed by atoms with Gasteiger partial charge in [0.2, 0.25) is 0 Å². The first-order valence-corrected chi connectivity index (χ1v) is 9.94. The molecule has 0 unspecified atom stereocenters. The standard InChI is InChI=1S/C24H21ClO5/c25-22-11-19(26)6-9-21(22)17-3-1-2-16(10-17)13-30-20-7-4-18(5-8-20)24(12-23(27)28)14-29-15-24/h1-11,26H,12-15H2,(H,27,28). The van der Waals surface area contributed by atoms with Gasteiger partial charge in [-0.05, 0) is 53.1 Å². The minimum absolute atomic E-state index is 0.0554. The van der Waals surface area contributed by atoms with Crippen LogP contribution in [0, 0.1) is 0 Å². The second-order valence-electron chi connectivity index (χ2n) is 7.52. The maximum absolute atomic E-state index is 11.2. The minimum atomic E-state index is -0.827. The monoisotopic (exact) mass is 424 g/mol. The zero-order valence-electron chi connectivity index (χ0n) is 16.2. The van der Waals surface area contributed by atoms with Crippen molar-refractivity contribution in [3.05, 3.63) is 82.9 Å². The van der Waals surface area contributed by atoms with E-state index in [0.717, 1.165) is 22.3 Å². The zero-order valence-corrected chi connectivity index (χ0v) is 16.9. The van der Waals surface area contributed by atoms with E-state index in [-0.39, 0.29) is 12.2 Å². The molecule has 0 saturated carbocycles. The summed E-state index contributed by atoms with van der Waals surface area (Å²) in [4.78, 5) is 11.2. The predicted octanol–water partition coefficient (Wildman–Crippen LogP) is 5.03. The van der Waals surface area contributed by atoms with E-state index in [1.807, 2.05) is 48.5 Å². The highest BCUT2D eigenvalue weighted by molar-refractivity contribution is 6.33. The Labute approximate surface area is 179 Å². The van der Waals surface area contributed by atoms with Crippen molar-refractivity contribution in [2.45, 2.75) is 18.4 Å². The van der Waals surface area contributed by atoms with Gasteiger partial charge >= 0.3 is 5.97 Å². The van der Waals surface area contributed by atoms with Crippen LogP contribution in [-0.2, 0) is 21.6 Å². The maximum atomic E-state index is 11.2. The smallest absolute Gasteiger partial charge is 0.304 e. The molecule has 1 aliphatic heterocycles. The summed E-state index contributed by atoms with van der Waals surface area (Å²) in [7, 11) is 0. The van der Waals surface area contributed by atoms with Crippen LogP contribution in [0.2, 0.25) is 5.02 Å². The van der Waals surface area contributed by atoms with E-state index in [9.17, 15) is 15.0 Å². The molecule has 30 heavy (non-hydrogen) atoms. The molecule has 1 heterocycles. The lowest BCUT2D eigenvalue weighted by Gasteiger charge is -2.40. The number of carboxylic acids is 1. The fourth-order valence-electron chi connectivity index (χ4n) is 3.65. The fraction of sp³-hybridized carbons (Fsp3) is 0.208. The topological polar surface area (TPSA) is 76.0 Å². The Morgan fingerprint density at radius 3 is 2.47 bits per heavy atom. The van der Waals surface area contributed by atoms with Crippen LogP contribution in [0.3, 0.4) is 0 Å². The number of carboxylic acid groups (broad SMARTS) is 1. The predicted molar refractivity (Wildman–Crippen MR) is 114 cm³/mol. The van der Waals surface area contributed by atoms with Crippen LogP contribution in [-0.4, -0.2) is 29.4 Å². The second-order valence-corrected chi connectivity index (χ2v) is 7.93. The van der Waals surface area contributed by atoms with Crippen molar-refractivity contribution >= 4 is 17.6 Å². The van der Waals surface area contributed by atoms with Crippen molar-refractivity contribution in [1.82, 2.24) is 0 Å². The molecule has 6 heteroatoms. The van der Waals surface area contributed by atoms with E-state index < -0.39 is 11.4 Å². The van der Waals surface area contributed by atoms with Gasteiger partial charge in [0.1, 0.15) is 18.1 Å². The highest BCUT2D eigenvalue weighted by atomic mass is 35.5. The van der Waals surface area contributed by atoms with Crippen LogP contribution in [0.4, 0.5) is 0 Å². The number of carbonyl (C=O) groups is 1. The van der Waals surface area contributed by atoms with E-state index in [4.69, 9.17) is 21.1 Å². The lowest BCUT2D eigenvalue weighted by molar-refractivity contribution is -0.145. The van der Waals surface area contributed by atoms with E-state index in [1.54, 1.807) is 12.1 Å². The highest BCUT2D eigenvalue weighted by Gasteiger charge is 2.42. The number of hydrogen-bond acceptors (Lipinski definition) is 4. The number of phenolic OH excluding ortho intramolecular Hbond substituents is 1. The van der Waals surface area contributed by atoms with Crippen molar-refractivity contribution in [3.63, 3.8) is 0 Å². The molecule has 0 aromatic heterocycles. The molecule has 0 atom stereocenters. The van der Waals surface area contributed by atoms with Gasteiger partial charge in [-0.2, -0.15) is 0 Å². The molecular weight excluding hydrogens is 404 g/mol.